The maximum Gasteiger partial charge on any atom is 0.334 e. The van der Waals surface area contributed by atoms with Crippen molar-refractivity contribution in [1.82, 2.24) is 0 Å². The molecule has 1 aliphatic heterocycles. The molecule has 124 valence electrons. The van der Waals surface area contributed by atoms with E-state index in [1.807, 2.05) is 24.3 Å². The van der Waals surface area contributed by atoms with Gasteiger partial charge in [-0.15, -0.1) is 0 Å². The second-order valence-corrected chi connectivity index (χ2v) is 5.52. The lowest BCUT2D eigenvalue weighted by atomic mass is 10.1. The summed E-state index contributed by atoms with van der Waals surface area (Å²) in [6.45, 7) is 3.17. The summed E-state index contributed by atoms with van der Waals surface area (Å²) in [4.78, 5) is 22.7. The molecule has 0 amide bonds. The van der Waals surface area contributed by atoms with E-state index in [0.29, 0.717) is 50.3 Å². The van der Waals surface area contributed by atoms with Crippen molar-refractivity contribution < 1.29 is 19.1 Å². The molecular formula is C17H20ClNO4. The number of rotatable bonds is 7. The number of hydrogen-bond donors (Lipinski definition) is 1. The Morgan fingerprint density at radius 2 is 2.22 bits per heavy atom. The van der Waals surface area contributed by atoms with Gasteiger partial charge in [0.1, 0.15) is 5.75 Å². The first-order chi connectivity index (χ1) is 11.1. The van der Waals surface area contributed by atoms with E-state index in [4.69, 9.17) is 21.1 Å². The molecule has 1 aromatic rings. The van der Waals surface area contributed by atoms with Gasteiger partial charge in [0.2, 0.25) is 5.24 Å². The third-order valence-corrected chi connectivity index (χ3v) is 3.59. The van der Waals surface area contributed by atoms with Crippen molar-refractivity contribution in [2.75, 3.05) is 25.1 Å². The standard InChI is InChI=1S/C17H20ClNO4/c1-2-22-17(21)13-8-10-23-16-12(11-13)5-3-6-14(16)19-9-4-7-15(18)20/h3,5-6,11,19H,2,4,7-10H2,1H3. The molecule has 0 saturated carbocycles. The summed E-state index contributed by atoms with van der Waals surface area (Å²) in [5.74, 6) is 0.409. The highest BCUT2D eigenvalue weighted by Crippen LogP contribution is 2.33. The fourth-order valence-corrected chi connectivity index (χ4v) is 2.46. The quantitative estimate of drug-likeness (QED) is 0.469. The highest BCUT2D eigenvalue weighted by molar-refractivity contribution is 6.63. The molecule has 6 heteroatoms. The van der Waals surface area contributed by atoms with Gasteiger partial charge in [-0.2, -0.15) is 0 Å². The van der Waals surface area contributed by atoms with Crippen LogP contribution < -0.4 is 10.1 Å². The van der Waals surface area contributed by atoms with E-state index in [2.05, 4.69) is 5.32 Å². The molecule has 0 saturated heterocycles. The summed E-state index contributed by atoms with van der Waals surface area (Å²) < 4.78 is 10.9. The monoisotopic (exact) mass is 337 g/mol. The van der Waals surface area contributed by atoms with Gasteiger partial charge in [-0.25, -0.2) is 4.79 Å². The number of halogens is 1. The molecule has 0 aromatic heterocycles. The molecule has 0 fully saturated rings. The minimum absolute atomic E-state index is 0.303. The fraction of sp³-hybridized carbons (Fsp3) is 0.412. The maximum absolute atomic E-state index is 11.9. The van der Waals surface area contributed by atoms with Crippen LogP contribution in [-0.4, -0.2) is 31.0 Å². The number of carbonyl (C=O) groups is 2. The molecule has 0 atom stereocenters. The number of benzene rings is 1. The molecule has 2 rings (SSSR count). The normalized spacial score (nSPS) is 13.2. The van der Waals surface area contributed by atoms with Gasteiger partial charge in [0, 0.05) is 30.5 Å². The Labute approximate surface area is 140 Å². The smallest absolute Gasteiger partial charge is 0.334 e. The Bertz CT molecular complexity index is 613. The first kappa shape index (κ1) is 17.3. The maximum atomic E-state index is 11.9. The Morgan fingerprint density at radius 3 is 2.96 bits per heavy atom. The highest BCUT2D eigenvalue weighted by atomic mass is 35.5. The summed E-state index contributed by atoms with van der Waals surface area (Å²) in [5.41, 5.74) is 2.28. The van der Waals surface area contributed by atoms with Crippen LogP contribution in [0.2, 0.25) is 0 Å². The average Bonchev–Trinajstić information content (AvgIpc) is 2.74. The first-order valence-electron chi connectivity index (χ1n) is 7.67. The van der Waals surface area contributed by atoms with Gasteiger partial charge in [0.25, 0.3) is 0 Å². The third kappa shape index (κ3) is 4.99. The van der Waals surface area contributed by atoms with Gasteiger partial charge >= 0.3 is 5.97 Å². The van der Waals surface area contributed by atoms with E-state index in [1.165, 1.54) is 0 Å². The van der Waals surface area contributed by atoms with Gasteiger partial charge < -0.3 is 14.8 Å². The van der Waals surface area contributed by atoms with Crippen molar-refractivity contribution >= 4 is 34.6 Å². The van der Waals surface area contributed by atoms with Gasteiger partial charge in [-0.05, 0) is 37.1 Å². The molecule has 0 unspecified atom stereocenters. The number of anilines is 1. The van der Waals surface area contributed by atoms with Crippen molar-refractivity contribution in [3.63, 3.8) is 0 Å². The lowest BCUT2D eigenvalue weighted by Crippen LogP contribution is -2.09. The van der Waals surface area contributed by atoms with Crippen LogP contribution >= 0.6 is 11.6 Å². The van der Waals surface area contributed by atoms with E-state index >= 15 is 0 Å². The number of ether oxygens (including phenoxy) is 2. The van der Waals surface area contributed by atoms with Crippen LogP contribution in [0.3, 0.4) is 0 Å². The number of carbonyl (C=O) groups excluding carboxylic acids is 2. The van der Waals surface area contributed by atoms with Gasteiger partial charge in [0.05, 0.1) is 18.9 Å². The lowest BCUT2D eigenvalue weighted by molar-refractivity contribution is -0.138. The largest absolute Gasteiger partial charge is 0.490 e. The first-order valence-corrected chi connectivity index (χ1v) is 8.05. The topological polar surface area (TPSA) is 64.6 Å². The Morgan fingerprint density at radius 1 is 1.39 bits per heavy atom. The van der Waals surface area contributed by atoms with Gasteiger partial charge in [-0.3, -0.25) is 4.79 Å². The van der Waals surface area contributed by atoms with Crippen LogP contribution in [0.25, 0.3) is 6.08 Å². The number of para-hydroxylation sites is 1. The van der Waals surface area contributed by atoms with E-state index < -0.39 is 0 Å². The van der Waals surface area contributed by atoms with Crippen LogP contribution in [0.5, 0.6) is 5.75 Å². The molecule has 0 aliphatic carbocycles. The molecule has 1 aliphatic rings. The predicted octanol–water partition coefficient (Wildman–Crippen LogP) is 3.37. The molecule has 1 aromatic carbocycles. The van der Waals surface area contributed by atoms with Gasteiger partial charge in [0.15, 0.2) is 0 Å². The second kappa shape index (κ2) is 8.58. The van der Waals surface area contributed by atoms with E-state index in [0.717, 1.165) is 11.3 Å². The SMILES string of the molecule is CCOC(=O)C1=Cc2cccc(NCCCC(=O)Cl)c2OCC1. The molecule has 23 heavy (non-hydrogen) atoms. The van der Waals surface area contributed by atoms with Crippen LogP contribution in [0, 0.1) is 0 Å². The molecule has 1 N–H and O–H groups in total. The Balaban J connectivity index is 2.12. The minimum Gasteiger partial charge on any atom is -0.490 e. The van der Waals surface area contributed by atoms with Crippen LogP contribution in [-0.2, 0) is 14.3 Å². The predicted molar refractivity (Wildman–Crippen MR) is 89.7 cm³/mol. The van der Waals surface area contributed by atoms with Crippen LogP contribution in [0.4, 0.5) is 5.69 Å². The van der Waals surface area contributed by atoms with E-state index in [9.17, 15) is 9.59 Å². The highest BCUT2D eigenvalue weighted by Gasteiger charge is 2.18. The number of esters is 1. The minimum atomic E-state index is -0.336. The third-order valence-electron chi connectivity index (χ3n) is 3.40. The average molecular weight is 338 g/mol. The summed E-state index contributed by atoms with van der Waals surface area (Å²) >= 11 is 5.32. The van der Waals surface area contributed by atoms with Gasteiger partial charge in [-0.1, -0.05) is 12.1 Å². The Kier molecular flexibility index (Phi) is 6.47. The second-order valence-electron chi connectivity index (χ2n) is 5.10. The van der Waals surface area contributed by atoms with E-state index in [-0.39, 0.29) is 11.2 Å². The number of hydrogen-bond acceptors (Lipinski definition) is 5. The van der Waals surface area contributed by atoms with Crippen LogP contribution in [0.15, 0.2) is 23.8 Å². The summed E-state index contributed by atoms with van der Waals surface area (Å²) in [6.07, 6.45) is 3.30. The summed E-state index contributed by atoms with van der Waals surface area (Å²) in [6, 6.07) is 5.69. The van der Waals surface area contributed by atoms with Crippen molar-refractivity contribution in [1.29, 1.82) is 0 Å². The summed E-state index contributed by atoms with van der Waals surface area (Å²) in [5, 5.41) is 2.91. The van der Waals surface area contributed by atoms with Crippen molar-refractivity contribution in [2.45, 2.75) is 26.2 Å². The molecule has 5 nitrogen and oxygen atoms in total. The van der Waals surface area contributed by atoms with E-state index in [1.54, 1.807) is 6.92 Å². The van der Waals surface area contributed by atoms with Crippen molar-refractivity contribution in [2.24, 2.45) is 0 Å². The Hall–Kier alpha value is -2.01. The molecule has 1 heterocycles. The fourth-order valence-electron chi connectivity index (χ4n) is 2.33. The zero-order valence-corrected chi connectivity index (χ0v) is 13.8. The van der Waals surface area contributed by atoms with Crippen molar-refractivity contribution in [3.8, 4) is 5.75 Å². The molecular weight excluding hydrogens is 318 g/mol. The number of fused-ring (bicyclic) bond motifs is 1. The molecule has 0 radical (unpaired) electrons. The number of nitrogens with one attached hydrogen (secondary N) is 1. The summed E-state index contributed by atoms with van der Waals surface area (Å²) in [7, 11) is 0. The zero-order valence-electron chi connectivity index (χ0n) is 13.1. The molecule has 0 spiro atoms. The van der Waals surface area contributed by atoms with Crippen LogP contribution in [0.1, 0.15) is 31.7 Å². The van der Waals surface area contributed by atoms with Crippen molar-refractivity contribution in [3.05, 3.63) is 29.3 Å². The zero-order chi connectivity index (χ0) is 16.7. The lowest BCUT2D eigenvalue weighted by Gasteiger charge is -2.13. The molecule has 0 bridgehead atoms.